The number of carbonyl (C=O) groups excluding carboxylic acids is 3. The Bertz CT molecular complexity index is 657. The molecule has 0 bridgehead atoms. The number of hydrogen-bond donors (Lipinski definition) is 2. The number of benzene rings is 1. The molecular formula is C18H23N2O6S-. The van der Waals surface area contributed by atoms with Crippen molar-refractivity contribution in [2.24, 2.45) is 0 Å². The van der Waals surface area contributed by atoms with E-state index in [0.29, 0.717) is 12.2 Å². The van der Waals surface area contributed by atoms with E-state index >= 15 is 0 Å². The molecule has 27 heavy (non-hydrogen) atoms. The molecule has 148 valence electrons. The van der Waals surface area contributed by atoms with Crippen LogP contribution in [0, 0.1) is 0 Å². The lowest BCUT2D eigenvalue weighted by Crippen LogP contribution is -2.54. The normalized spacial score (nSPS) is 20.1. The van der Waals surface area contributed by atoms with Crippen LogP contribution in [-0.2, 0) is 20.9 Å². The van der Waals surface area contributed by atoms with Crippen LogP contribution < -0.4 is 10.4 Å². The molecule has 2 amide bonds. The summed E-state index contributed by atoms with van der Waals surface area (Å²) in [4.78, 5) is 37.2. The molecule has 1 fully saturated rings. The van der Waals surface area contributed by atoms with E-state index in [1.165, 1.54) is 11.8 Å². The van der Waals surface area contributed by atoms with Crippen molar-refractivity contribution in [3.63, 3.8) is 0 Å². The molecule has 3 atom stereocenters. The molecule has 1 aromatic rings. The van der Waals surface area contributed by atoms with Crippen molar-refractivity contribution >= 4 is 29.7 Å². The first-order valence-electron chi connectivity index (χ1n) is 8.58. The number of aliphatic hydroxyl groups excluding tert-OH is 1. The molecule has 0 spiro atoms. The molecule has 0 unspecified atom stereocenters. The molecule has 1 aromatic carbocycles. The second-order valence-corrected chi connectivity index (χ2v) is 7.24. The molecule has 0 aliphatic carbocycles. The number of hydrogen-bond acceptors (Lipinski definition) is 7. The fourth-order valence-electron chi connectivity index (χ4n) is 2.88. The third-order valence-electron chi connectivity index (χ3n) is 4.25. The Morgan fingerprint density at radius 2 is 2.07 bits per heavy atom. The number of carboxylic acids is 1. The summed E-state index contributed by atoms with van der Waals surface area (Å²) in [7, 11) is 0. The van der Waals surface area contributed by atoms with Gasteiger partial charge in [0.2, 0.25) is 5.91 Å². The number of nitrogens with one attached hydrogen (secondary N) is 1. The maximum atomic E-state index is 12.8. The Kier molecular flexibility index (Phi) is 7.93. The average molecular weight is 395 g/mol. The standard InChI is InChI=1S/C18H24N2O6S/c1-27-8-7-14(16(22)20-10-13(21)9-15(20)17(23)24)19-18(25)26-11-12-5-3-2-4-6-12/h2-6,13-15,21H,7-11H2,1H3,(H,19,25)(H,23,24)/p-1/t13-,14+,15-/m1/s1. The number of aliphatic hydroxyl groups is 1. The summed E-state index contributed by atoms with van der Waals surface area (Å²) in [5.74, 6) is -1.40. The minimum absolute atomic E-state index is 0.0558. The number of rotatable bonds is 8. The number of β-amino-alcohol motifs (C(OH)–C–C–N with tert-alkyl or cyclic N) is 1. The minimum atomic E-state index is -1.42. The van der Waals surface area contributed by atoms with Crippen LogP contribution in [0.4, 0.5) is 4.79 Å². The van der Waals surface area contributed by atoms with Crippen LogP contribution in [0.5, 0.6) is 0 Å². The van der Waals surface area contributed by atoms with Gasteiger partial charge in [0.1, 0.15) is 12.6 Å². The van der Waals surface area contributed by atoms with Crippen molar-refractivity contribution in [3.8, 4) is 0 Å². The van der Waals surface area contributed by atoms with Gasteiger partial charge in [0.05, 0.1) is 18.1 Å². The highest BCUT2D eigenvalue weighted by molar-refractivity contribution is 7.98. The minimum Gasteiger partial charge on any atom is -0.548 e. The van der Waals surface area contributed by atoms with Gasteiger partial charge in [-0.3, -0.25) is 4.79 Å². The molecule has 0 radical (unpaired) electrons. The predicted molar refractivity (Wildman–Crippen MR) is 97.7 cm³/mol. The topological polar surface area (TPSA) is 119 Å². The summed E-state index contributed by atoms with van der Waals surface area (Å²) >= 11 is 1.49. The molecule has 9 heteroatoms. The number of alkyl carbamates (subject to hydrolysis) is 1. The van der Waals surface area contributed by atoms with Crippen LogP contribution in [-0.4, -0.2) is 64.7 Å². The van der Waals surface area contributed by atoms with Crippen molar-refractivity contribution in [2.75, 3.05) is 18.6 Å². The van der Waals surface area contributed by atoms with Gasteiger partial charge in [-0.05, 0) is 24.0 Å². The van der Waals surface area contributed by atoms with Gasteiger partial charge in [-0.15, -0.1) is 0 Å². The summed E-state index contributed by atoms with van der Waals surface area (Å²) in [5.41, 5.74) is 0.805. The highest BCUT2D eigenvalue weighted by Crippen LogP contribution is 2.20. The number of likely N-dealkylation sites (tertiary alicyclic amines) is 1. The Morgan fingerprint density at radius 3 is 2.70 bits per heavy atom. The fourth-order valence-corrected chi connectivity index (χ4v) is 3.35. The van der Waals surface area contributed by atoms with E-state index in [4.69, 9.17) is 4.74 Å². The summed E-state index contributed by atoms with van der Waals surface area (Å²) in [5, 5.41) is 23.5. The summed E-state index contributed by atoms with van der Waals surface area (Å²) < 4.78 is 5.14. The Hall–Kier alpha value is -2.26. The Morgan fingerprint density at radius 1 is 1.37 bits per heavy atom. The number of nitrogens with zero attached hydrogens (tertiary/aromatic N) is 1. The molecule has 1 aliphatic rings. The smallest absolute Gasteiger partial charge is 0.408 e. The van der Waals surface area contributed by atoms with E-state index in [2.05, 4.69) is 5.32 Å². The van der Waals surface area contributed by atoms with E-state index in [0.717, 1.165) is 10.5 Å². The van der Waals surface area contributed by atoms with Crippen molar-refractivity contribution < 1.29 is 29.3 Å². The largest absolute Gasteiger partial charge is 0.548 e. The van der Waals surface area contributed by atoms with Crippen LogP contribution in [0.1, 0.15) is 18.4 Å². The molecule has 2 N–H and O–H groups in total. The fraction of sp³-hybridized carbons (Fsp3) is 0.500. The lowest BCUT2D eigenvalue weighted by atomic mass is 10.1. The van der Waals surface area contributed by atoms with Crippen molar-refractivity contribution in [1.82, 2.24) is 10.2 Å². The number of aliphatic carboxylic acids is 1. The zero-order valence-electron chi connectivity index (χ0n) is 15.0. The number of carbonyl (C=O) groups is 3. The predicted octanol–water partition coefficient (Wildman–Crippen LogP) is -0.254. The van der Waals surface area contributed by atoms with Gasteiger partial charge < -0.3 is 30.0 Å². The van der Waals surface area contributed by atoms with Gasteiger partial charge in [0, 0.05) is 13.0 Å². The van der Waals surface area contributed by atoms with Crippen LogP contribution in [0.25, 0.3) is 0 Å². The van der Waals surface area contributed by atoms with Gasteiger partial charge in [0.15, 0.2) is 0 Å². The van der Waals surface area contributed by atoms with Crippen molar-refractivity contribution in [3.05, 3.63) is 35.9 Å². The number of ether oxygens (including phenoxy) is 1. The van der Waals surface area contributed by atoms with Gasteiger partial charge >= 0.3 is 6.09 Å². The second-order valence-electron chi connectivity index (χ2n) is 6.26. The van der Waals surface area contributed by atoms with Crippen molar-refractivity contribution in [1.29, 1.82) is 0 Å². The molecular weight excluding hydrogens is 372 g/mol. The number of carboxylic acid groups (broad SMARTS) is 1. The van der Waals surface area contributed by atoms with Gasteiger partial charge in [0.25, 0.3) is 0 Å². The first kappa shape index (κ1) is 21.0. The van der Waals surface area contributed by atoms with Crippen LogP contribution in [0.15, 0.2) is 30.3 Å². The molecule has 1 heterocycles. The highest BCUT2D eigenvalue weighted by Gasteiger charge is 2.38. The lowest BCUT2D eigenvalue weighted by molar-refractivity contribution is -0.310. The monoisotopic (exact) mass is 395 g/mol. The van der Waals surface area contributed by atoms with Crippen LogP contribution in [0.3, 0.4) is 0 Å². The third kappa shape index (κ3) is 6.14. The summed E-state index contributed by atoms with van der Waals surface area (Å²) in [6.45, 7) is -0.0474. The molecule has 0 aromatic heterocycles. The maximum Gasteiger partial charge on any atom is 0.408 e. The van der Waals surface area contributed by atoms with E-state index in [1.54, 1.807) is 12.1 Å². The van der Waals surface area contributed by atoms with Crippen molar-refractivity contribution in [2.45, 2.75) is 37.6 Å². The lowest BCUT2D eigenvalue weighted by Gasteiger charge is -2.29. The molecule has 1 saturated heterocycles. The SMILES string of the molecule is CSCC[C@H](NC(=O)OCc1ccccc1)C(=O)N1C[C@H](O)C[C@@H]1C(=O)[O-]. The molecule has 1 aliphatic heterocycles. The van der Waals surface area contributed by atoms with E-state index in [1.807, 2.05) is 24.5 Å². The van der Waals surface area contributed by atoms with E-state index in [9.17, 15) is 24.6 Å². The summed E-state index contributed by atoms with van der Waals surface area (Å²) in [6.07, 6.45) is 0.402. The first-order valence-corrected chi connectivity index (χ1v) is 9.97. The van der Waals surface area contributed by atoms with E-state index in [-0.39, 0.29) is 19.6 Å². The molecule has 2 rings (SSSR count). The van der Waals surface area contributed by atoms with Gasteiger partial charge in [-0.25, -0.2) is 4.79 Å². The van der Waals surface area contributed by atoms with Gasteiger partial charge in [-0.2, -0.15) is 11.8 Å². The zero-order chi connectivity index (χ0) is 19.8. The van der Waals surface area contributed by atoms with Crippen LogP contribution in [0.2, 0.25) is 0 Å². The Labute approximate surface area is 161 Å². The third-order valence-corrected chi connectivity index (χ3v) is 4.89. The number of thioether (sulfide) groups is 1. The van der Waals surface area contributed by atoms with Crippen LogP contribution >= 0.6 is 11.8 Å². The second kappa shape index (κ2) is 10.2. The molecule has 0 saturated carbocycles. The zero-order valence-corrected chi connectivity index (χ0v) is 15.8. The summed E-state index contributed by atoms with van der Waals surface area (Å²) in [6, 6.07) is 6.96. The number of amides is 2. The van der Waals surface area contributed by atoms with E-state index < -0.39 is 36.2 Å². The first-order chi connectivity index (χ1) is 12.9. The highest BCUT2D eigenvalue weighted by atomic mass is 32.2. The average Bonchev–Trinajstić information content (AvgIpc) is 3.06. The maximum absolute atomic E-state index is 12.8. The Balaban J connectivity index is 1.99. The quantitative estimate of drug-likeness (QED) is 0.623. The van der Waals surface area contributed by atoms with Gasteiger partial charge in [-0.1, -0.05) is 30.3 Å². The molecule has 8 nitrogen and oxygen atoms in total.